The summed E-state index contributed by atoms with van der Waals surface area (Å²) in [6.07, 6.45) is 1.70. The third-order valence-electron chi connectivity index (χ3n) is 5.73. The Hall–Kier alpha value is -4.41. The Morgan fingerprint density at radius 3 is 2.17 bits per heavy atom. The molecule has 0 aliphatic carbocycles. The number of anilines is 1. The highest BCUT2D eigenvalue weighted by Gasteiger charge is 2.22. The highest BCUT2D eigenvalue weighted by molar-refractivity contribution is 7.75. The minimum Gasteiger partial charge on any atom is -0.478 e. The van der Waals surface area contributed by atoms with Crippen molar-refractivity contribution in [2.75, 3.05) is 11.9 Å². The molecule has 9 nitrogen and oxygen atoms in total. The molecule has 0 heterocycles. The number of aromatic carboxylic acids is 1. The molecule has 2 amide bonds. The van der Waals surface area contributed by atoms with E-state index >= 15 is 0 Å². The van der Waals surface area contributed by atoms with Crippen LogP contribution in [0.1, 0.15) is 62.2 Å². The standard InChI is InChI=1S/C29H30N2O5S.CH4N2/c1-5-26(36-37)19-8-12-22(24(14-19)28(33)31-21-10-6-18(4)7-11-21)23-13-9-20(15-25(23)29(34)35)27(32)30-16-17(2)3;2-1-3/h5-15,17,26,37H,1,16H2,2-4H3,(H,30,32)(H,31,33)(H,34,35);1H,(H3,2,3). The Morgan fingerprint density at radius 2 is 1.62 bits per heavy atom. The minimum atomic E-state index is -1.22. The number of aryl methyl sites for hydroxylation is 1. The van der Waals surface area contributed by atoms with Crippen LogP contribution in [0.2, 0.25) is 0 Å². The van der Waals surface area contributed by atoms with Gasteiger partial charge in [-0.25, -0.2) is 4.79 Å². The first-order valence-electron chi connectivity index (χ1n) is 12.4. The van der Waals surface area contributed by atoms with Gasteiger partial charge in [0.15, 0.2) is 0 Å². The third kappa shape index (κ3) is 8.55. The van der Waals surface area contributed by atoms with Crippen LogP contribution >= 0.6 is 12.9 Å². The molecule has 3 aromatic carbocycles. The second-order valence-corrected chi connectivity index (χ2v) is 9.43. The topological polar surface area (TPSA) is 155 Å². The van der Waals surface area contributed by atoms with Crippen LogP contribution in [0.4, 0.5) is 5.69 Å². The lowest BCUT2D eigenvalue weighted by Gasteiger charge is -2.17. The molecule has 3 aromatic rings. The largest absolute Gasteiger partial charge is 0.478 e. The highest BCUT2D eigenvalue weighted by Crippen LogP contribution is 2.32. The van der Waals surface area contributed by atoms with Gasteiger partial charge in [-0.1, -0.05) is 55.8 Å². The summed E-state index contributed by atoms with van der Waals surface area (Å²) in [4.78, 5) is 38.2. The second kappa shape index (κ2) is 15.2. The molecule has 1 atom stereocenters. The van der Waals surface area contributed by atoms with Crippen molar-refractivity contribution in [3.8, 4) is 11.1 Å². The maximum Gasteiger partial charge on any atom is 0.336 e. The van der Waals surface area contributed by atoms with Crippen molar-refractivity contribution in [1.82, 2.24) is 5.32 Å². The van der Waals surface area contributed by atoms with E-state index in [1.165, 1.54) is 12.1 Å². The predicted molar refractivity (Wildman–Crippen MR) is 161 cm³/mol. The van der Waals surface area contributed by atoms with E-state index in [0.29, 0.717) is 28.9 Å². The van der Waals surface area contributed by atoms with Crippen LogP contribution in [-0.4, -0.2) is 35.8 Å². The molecule has 0 spiro atoms. The molecule has 6 N–H and O–H groups in total. The Labute approximate surface area is 239 Å². The number of nitrogens with two attached hydrogens (primary N) is 1. The van der Waals surface area contributed by atoms with Crippen LogP contribution in [0, 0.1) is 18.3 Å². The SMILES string of the molecule is C=CC(OS)c1ccc(-c2ccc(C(=O)NCC(C)C)cc2C(=O)O)c(C(=O)Nc2ccc(C)cc2)c1.N=CN. The van der Waals surface area contributed by atoms with E-state index < -0.39 is 18.0 Å². The van der Waals surface area contributed by atoms with Gasteiger partial charge in [0.2, 0.25) is 0 Å². The molecule has 0 aromatic heterocycles. The molecule has 0 saturated carbocycles. The fraction of sp³-hybridized carbons (Fsp3) is 0.200. The fourth-order valence-electron chi connectivity index (χ4n) is 3.73. The predicted octanol–water partition coefficient (Wildman–Crippen LogP) is 5.64. The van der Waals surface area contributed by atoms with Gasteiger partial charge >= 0.3 is 5.97 Å². The Kier molecular flexibility index (Phi) is 12.1. The summed E-state index contributed by atoms with van der Waals surface area (Å²) in [7, 11) is 0. The van der Waals surface area contributed by atoms with Gasteiger partial charge < -0.3 is 25.7 Å². The van der Waals surface area contributed by atoms with Gasteiger partial charge in [-0.05, 0) is 72.8 Å². The number of hydrogen-bond donors (Lipinski definition) is 6. The number of carboxylic acids is 1. The third-order valence-corrected chi connectivity index (χ3v) is 5.95. The van der Waals surface area contributed by atoms with E-state index in [-0.39, 0.29) is 28.5 Å². The molecule has 0 bridgehead atoms. The lowest BCUT2D eigenvalue weighted by atomic mass is 9.91. The zero-order chi connectivity index (χ0) is 29.8. The van der Waals surface area contributed by atoms with Crippen LogP contribution in [0.15, 0.2) is 73.3 Å². The molecule has 0 saturated heterocycles. The van der Waals surface area contributed by atoms with Gasteiger partial charge in [0.05, 0.1) is 11.9 Å². The quantitative estimate of drug-likeness (QED) is 0.0618. The Morgan fingerprint density at radius 1 is 1.02 bits per heavy atom. The van der Waals surface area contributed by atoms with Crippen molar-refractivity contribution in [3.05, 3.63) is 101 Å². The van der Waals surface area contributed by atoms with Gasteiger partial charge in [0, 0.05) is 23.4 Å². The summed E-state index contributed by atoms with van der Waals surface area (Å²) in [5.41, 5.74) is 7.69. The molecular weight excluding hydrogens is 528 g/mol. The molecule has 210 valence electrons. The van der Waals surface area contributed by atoms with Crippen molar-refractivity contribution in [2.45, 2.75) is 26.9 Å². The summed E-state index contributed by atoms with van der Waals surface area (Å²) >= 11 is 3.89. The number of thiol groups is 1. The van der Waals surface area contributed by atoms with Crippen LogP contribution in [-0.2, 0) is 4.18 Å². The van der Waals surface area contributed by atoms with E-state index in [9.17, 15) is 19.5 Å². The summed E-state index contributed by atoms with van der Waals surface area (Å²) < 4.78 is 5.15. The number of hydrogen-bond acceptors (Lipinski definition) is 6. The molecule has 0 aliphatic rings. The van der Waals surface area contributed by atoms with Crippen molar-refractivity contribution in [2.24, 2.45) is 11.7 Å². The molecule has 0 aliphatic heterocycles. The summed E-state index contributed by atoms with van der Waals surface area (Å²) in [5, 5.41) is 21.5. The molecule has 3 rings (SSSR count). The maximum absolute atomic E-state index is 13.4. The van der Waals surface area contributed by atoms with Crippen molar-refractivity contribution >= 4 is 42.7 Å². The van der Waals surface area contributed by atoms with Crippen LogP contribution in [0.25, 0.3) is 11.1 Å². The monoisotopic (exact) mass is 562 g/mol. The second-order valence-electron chi connectivity index (χ2n) is 9.22. The van der Waals surface area contributed by atoms with Crippen molar-refractivity contribution in [3.63, 3.8) is 0 Å². The van der Waals surface area contributed by atoms with E-state index in [4.69, 9.17) is 9.59 Å². The van der Waals surface area contributed by atoms with Gasteiger partial charge in [0.25, 0.3) is 11.8 Å². The van der Waals surface area contributed by atoms with Gasteiger partial charge in [-0.15, -0.1) is 6.58 Å². The number of carbonyl (C=O) groups excluding carboxylic acids is 2. The Balaban J connectivity index is 0.00000178. The minimum absolute atomic E-state index is 0.0972. The summed E-state index contributed by atoms with van der Waals surface area (Å²) in [5.74, 6) is -1.77. The smallest absolute Gasteiger partial charge is 0.336 e. The number of rotatable bonds is 10. The van der Waals surface area contributed by atoms with Crippen molar-refractivity contribution in [1.29, 1.82) is 5.41 Å². The van der Waals surface area contributed by atoms with Gasteiger partial charge in [0.1, 0.15) is 6.10 Å². The van der Waals surface area contributed by atoms with E-state index in [1.807, 2.05) is 32.9 Å². The molecule has 40 heavy (non-hydrogen) atoms. The van der Waals surface area contributed by atoms with Crippen LogP contribution in [0.3, 0.4) is 0 Å². The normalized spacial score (nSPS) is 11.0. The lowest BCUT2D eigenvalue weighted by Crippen LogP contribution is -2.27. The number of nitrogens with one attached hydrogen (secondary N) is 3. The molecule has 0 radical (unpaired) electrons. The Bertz CT molecular complexity index is 1370. The van der Waals surface area contributed by atoms with E-state index in [1.54, 1.807) is 42.5 Å². The van der Waals surface area contributed by atoms with Crippen LogP contribution < -0.4 is 16.4 Å². The van der Waals surface area contributed by atoms with Crippen molar-refractivity contribution < 1.29 is 23.7 Å². The fourth-order valence-corrected chi connectivity index (χ4v) is 3.94. The van der Waals surface area contributed by atoms with E-state index in [0.717, 1.165) is 11.9 Å². The summed E-state index contributed by atoms with van der Waals surface area (Å²) in [6.45, 7) is 10.1. The summed E-state index contributed by atoms with van der Waals surface area (Å²) in [6, 6.07) is 16.7. The lowest BCUT2D eigenvalue weighted by molar-refractivity contribution is 0.0697. The molecular formula is C30H34N4O5S. The van der Waals surface area contributed by atoms with Crippen LogP contribution in [0.5, 0.6) is 0 Å². The first-order valence-corrected chi connectivity index (χ1v) is 12.7. The zero-order valence-corrected chi connectivity index (χ0v) is 23.5. The molecule has 10 heteroatoms. The van der Waals surface area contributed by atoms with Gasteiger partial charge in [-0.3, -0.25) is 15.0 Å². The first-order chi connectivity index (χ1) is 19.1. The maximum atomic E-state index is 13.4. The van der Waals surface area contributed by atoms with Gasteiger partial charge in [-0.2, -0.15) is 0 Å². The average molecular weight is 563 g/mol. The zero-order valence-electron chi connectivity index (χ0n) is 22.6. The number of amides is 2. The number of carbonyl (C=O) groups is 3. The molecule has 1 unspecified atom stereocenters. The number of carboxylic acid groups (broad SMARTS) is 1. The first kappa shape index (κ1) is 31.8. The highest BCUT2D eigenvalue weighted by atomic mass is 32.1. The number of benzene rings is 3. The van der Waals surface area contributed by atoms with E-state index in [2.05, 4.69) is 35.9 Å². The molecule has 0 fully saturated rings. The average Bonchev–Trinajstić information content (AvgIpc) is 2.93.